The smallest absolute Gasteiger partial charge is 0.252 e. The van der Waals surface area contributed by atoms with Crippen molar-refractivity contribution < 1.29 is 4.79 Å². The Morgan fingerprint density at radius 3 is 2.90 bits per heavy atom. The summed E-state index contributed by atoms with van der Waals surface area (Å²) in [6.07, 6.45) is 1.41. The molecule has 0 spiro atoms. The first-order valence-electron chi connectivity index (χ1n) is 6.49. The summed E-state index contributed by atoms with van der Waals surface area (Å²) in [5.74, 6) is 1.15. The van der Waals surface area contributed by atoms with E-state index in [0.717, 1.165) is 12.2 Å². The maximum absolute atomic E-state index is 12.2. The second-order valence-corrected chi connectivity index (χ2v) is 4.48. The number of hydrogen-bond acceptors (Lipinski definition) is 5. The van der Waals surface area contributed by atoms with Gasteiger partial charge in [-0.2, -0.15) is 5.10 Å². The van der Waals surface area contributed by atoms with Crippen molar-refractivity contribution in [2.75, 3.05) is 11.9 Å². The molecule has 3 N–H and O–H groups in total. The lowest BCUT2D eigenvalue weighted by atomic mass is 10.2. The molecule has 1 unspecified atom stereocenters. The third kappa shape index (κ3) is 3.31. The van der Waals surface area contributed by atoms with Crippen LogP contribution < -0.4 is 10.6 Å². The van der Waals surface area contributed by atoms with Gasteiger partial charge in [-0.1, -0.05) is 0 Å². The number of hydrogen-bond donors (Lipinski definition) is 3. The van der Waals surface area contributed by atoms with E-state index in [2.05, 4.69) is 30.8 Å². The van der Waals surface area contributed by atoms with Gasteiger partial charge in [-0.05, 0) is 32.9 Å². The summed E-state index contributed by atoms with van der Waals surface area (Å²) in [4.78, 5) is 20.6. The highest BCUT2D eigenvalue weighted by Crippen LogP contribution is 2.12. The van der Waals surface area contributed by atoms with E-state index in [1.807, 2.05) is 20.8 Å². The summed E-state index contributed by atoms with van der Waals surface area (Å²) >= 11 is 0. The van der Waals surface area contributed by atoms with E-state index in [4.69, 9.17) is 0 Å². The monoisotopic (exact) mass is 274 g/mol. The fourth-order valence-electron chi connectivity index (χ4n) is 1.84. The zero-order valence-corrected chi connectivity index (χ0v) is 11.8. The Kier molecular flexibility index (Phi) is 4.29. The van der Waals surface area contributed by atoms with Gasteiger partial charge in [0.05, 0.1) is 6.04 Å². The van der Waals surface area contributed by atoms with E-state index in [-0.39, 0.29) is 11.9 Å². The number of aromatic amines is 1. The van der Waals surface area contributed by atoms with Gasteiger partial charge in [0.1, 0.15) is 18.0 Å². The van der Waals surface area contributed by atoms with Crippen LogP contribution in [-0.4, -0.2) is 32.6 Å². The maximum atomic E-state index is 12.2. The average Bonchev–Trinajstić information content (AvgIpc) is 2.92. The Bertz CT molecular complexity index is 581. The Morgan fingerprint density at radius 1 is 1.45 bits per heavy atom. The first kappa shape index (κ1) is 14.0. The predicted octanol–water partition coefficient (Wildman–Crippen LogP) is 1.43. The molecule has 0 bridgehead atoms. The number of carbonyl (C=O) groups is 1. The minimum atomic E-state index is -0.235. The van der Waals surface area contributed by atoms with Crippen LogP contribution in [0.15, 0.2) is 18.5 Å². The third-order valence-corrected chi connectivity index (χ3v) is 2.76. The van der Waals surface area contributed by atoms with Crippen LogP contribution in [0.5, 0.6) is 0 Å². The van der Waals surface area contributed by atoms with Crippen LogP contribution in [-0.2, 0) is 0 Å². The molecule has 2 heterocycles. The zero-order valence-electron chi connectivity index (χ0n) is 11.8. The van der Waals surface area contributed by atoms with Gasteiger partial charge in [0.15, 0.2) is 0 Å². The van der Waals surface area contributed by atoms with Crippen molar-refractivity contribution in [3.05, 3.63) is 35.5 Å². The molecule has 1 amide bonds. The van der Waals surface area contributed by atoms with E-state index in [0.29, 0.717) is 17.2 Å². The predicted molar refractivity (Wildman–Crippen MR) is 75.4 cm³/mol. The van der Waals surface area contributed by atoms with E-state index in [1.54, 1.807) is 12.1 Å². The Morgan fingerprint density at radius 2 is 2.25 bits per heavy atom. The number of aromatic nitrogens is 4. The third-order valence-electron chi connectivity index (χ3n) is 2.76. The number of nitrogens with one attached hydrogen (secondary N) is 3. The molecule has 2 aromatic rings. The largest absolute Gasteiger partial charge is 0.370 e. The summed E-state index contributed by atoms with van der Waals surface area (Å²) in [7, 11) is 0. The van der Waals surface area contributed by atoms with Crippen LogP contribution in [0.25, 0.3) is 0 Å². The minimum absolute atomic E-state index is 0.168. The van der Waals surface area contributed by atoms with Crippen molar-refractivity contribution in [1.82, 2.24) is 25.5 Å². The quantitative estimate of drug-likeness (QED) is 0.766. The topological polar surface area (TPSA) is 95.6 Å². The van der Waals surface area contributed by atoms with Gasteiger partial charge in [-0.25, -0.2) is 9.97 Å². The second-order valence-electron chi connectivity index (χ2n) is 4.48. The SMILES string of the molecule is CCNc1cc(C(=O)NC(C)c2ncn[nH]2)cc(C)n1. The lowest BCUT2D eigenvalue weighted by molar-refractivity contribution is 0.0938. The normalized spacial score (nSPS) is 11.9. The number of aryl methyl sites for hydroxylation is 1. The molecule has 106 valence electrons. The molecule has 2 rings (SSSR count). The molecule has 2 aromatic heterocycles. The summed E-state index contributed by atoms with van der Waals surface area (Å²) in [5, 5.41) is 12.5. The van der Waals surface area contributed by atoms with Gasteiger partial charge in [-0.3, -0.25) is 9.89 Å². The molecule has 7 nitrogen and oxygen atoms in total. The van der Waals surface area contributed by atoms with E-state index >= 15 is 0 Å². The minimum Gasteiger partial charge on any atom is -0.370 e. The molecule has 7 heteroatoms. The molecule has 0 aliphatic rings. The average molecular weight is 274 g/mol. The van der Waals surface area contributed by atoms with Crippen LogP contribution in [0.4, 0.5) is 5.82 Å². The summed E-state index contributed by atoms with van der Waals surface area (Å²) < 4.78 is 0. The number of rotatable bonds is 5. The van der Waals surface area contributed by atoms with Gasteiger partial charge in [0, 0.05) is 17.8 Å². The molecule has 0 aromatic carbocycles. The highest BCUT2D eigenvalue weighted by atomic mass is 16.1. The van der Waals surface area contributed by atoms with Gasteiger partial charge in [0.2, 0.25) is 0 Å². The Hall–Kier alpha value is -2.44. The molecule has 0 aliphatic heterocycles. The van der Waals surface area contributed by atoms with Crippen LogP contribution in [0.1, 0.15) is 41.8 Å². The summed E-state index contributed by atoms with van der Waals surface area (Å²) in [5.41, 5.74) is 1.36. The van der Waals surface area contributed by atoms with Crippen molar-refractivity contribution in [3.63, 3.8) is 0 Å². The molecular weight excluding hydrogens is 256 g/mol. The molecule has 20 heavy (non-hydrogen) atoms. The van der Waals surface area contributed by atoms with Gasteiger partial charge < -0.3 is 10.6 Å². The van der Waals surface area contributed by atoms with Gasteiger partial charge >= 0.3 is 0 Å². The maximum Gasteiger partial charge on any atom is 0.252 e. The van der Waals surface area contributed by atoms with E-state index in [1.165, 1.54) is 6.33 Å². The first-order valence-corrected chi connectivity index (χ1v) is 6.49. The highest BCUT2D eigenvalue weighted by molar-refractivity contribution is 5.95. The fraction of sp³-hybridized carbons (Fsp3) is 0.385. The summed E-state index contributed by atoms with van der Waals surface area (Å²) in [6.45, 7) is 6.44. The highest BCUT2D eigenvalue weighted by Gasteiger charge is 2.14. The van der Waals surface area contributed by atoms with Crippen LogP contribution in [0.3, 0.4) is 0 Å². The number of nitrogens with zero attached hydrogens (tertiary/aromatic N) is 3. The number of pyridine rings is 1. The Labute approximate surface area is 117 Å². The molecule has 1 atom stereocenters. The van der Waals surface area contributed by atoms with Gasteiger partial charge in [-0.15, -0.1) is 0 Å². The number of amides is 1. The molecule has 0 fully saturated rings. The lowest BCUT2D eigenvalue weighted by Gasteiger charge is -2.12. The molecule has 0 saturated carbocycles. The lowest BCUT2D eigenvalue weighted by Crippen LogP contribution is -2.27. The summed E-state index contributed by atoms with van der Waals surface area (Å²) in [6, 6.07) is 3.25. The zero-order chi connectivity index (χ0) is 14.5. The molecule has 0 aliphatic carbocycles. The first-order chi connectivity index (χ1) is 9.60. The van der Waals surface area contributed by atoms with Gasteiger partial charge in [0.25, 0.3) is 5.91 Å². The van der Waals surface area contributed by atoms with Crippen molar-refractivity contribution >= 4 is 11.7 Å². The number of H-pyrrole nitrogens is 1. The number of carbonyl (C=O) groups excluding carboxylic acids is 1. The second kappa shape index (κ2) is 6.14. The molecular formula is C13H18N6O. The van der Waals surface area contributed by atoms with E-state index in [9.17, 15) is 4.79 Å². The molecule has 0 saturated heterocycles. The van der Waals surface area contributed by atoms with Crippen molar-refractivity contribution in [2.24, 2.45) is 0 Å². The van der Waals surface area contributed by atoms with Crippen LogP contribution in [0, 0.1) is 6.92 Å². The van der Waals surface area contributed by atoms with E-state index < -0.39 is 0 Å². The standard InChI is InChI=1S/C13H18N6O/c1-4-14-11-6-10(5-8(2)17-11)13(20)18-9(3)12-15-7-16-19-12/h5-7,9H,4H2,1-3H3,(H,14,17)(H,18,20)(H,15,16,19). The van der Waals surface area contributed by atoms with Crippen LogP contribution in [0.2, 0.25) is 0 Å². The fourth-order valence-corrected chi connectivity index (χ4v) is 1.84. The number of anilines is 1. The van der Waals surface area contributed by atoms with Crippen molar-refractivity contribution in [3.8, 4) is 0 Å². The van der Waals surface area contributed by atoms with Crippen molar-refractivity contribution in [1.29, 1.82) is 0 Å². The van der Waals surface area contributed by atoms with Crippen molar-refractivity contribution in [2.45, 2.75) is 26.8 Å². The van der Waals surface area contributed by atoms with Crippen LogP contribution >= 0.6 is 0 Å². The Balaban J connectivity index is 2.12. The molecule has 0 radical (unpaired) electrons.